The van der Waals surface area contributed by atoms with Gasteiger partial charge in [-0.2, -0.15) is 0 Å². The lowest BCUT2D eigenvalue weighted by Gasteiger charge is -2.41. The highest BCUT2D eigenvalue weighted by atomic mass is 16.5. The van der Waals surface area contributed by atoms with E-state index in [1.807, 2.05) is 11.9 Å². The molecule has 1 fully saturated rings. The van der Waals surface area contributed by atoms with Gasteiger partial charge in [0.25, 0.3) is 0 Å². The number of nitrogens with zero attached hydrogens (tertiary/aromatic N) is 1. The number of hydrogen-bond donors (Lipinski definition) is 2. The number of aliphatic hydroxyl groups excluding tert-OH is 1. The number of piperidine rings is 1. The highest BCUT2D eigenvalue weighted by Gasteiger charge is 2.34. The Hall–Kier alpha value is -0.650. The maximum atomic E-state index is 12.1. The number of methoxy groups -OCH3 is 1. The molecule has 1 heterocycles. The van der Waals surface area contributed by atoms with Crippen molar-refractivity contribution in [3.8, 4) is 0 Å². The normalized spacial score (nSPS) is 27.1. The minimum absolute atomic E-state index is 0.0183. The summed E-state index contributed by atoms with van der Waals surface area (Å²) in [5, 5.41) is 13.1. The lowest BCUT2D eigenvalue weighted by atomic mass is 9.86. The molecule has 1 aliphatic heterocycles. The maximum Gasteiger partial charge on any atom is 0.248 e. The summed E-state index contributed by atoms with van der Waals surface area (Å²) >= 11 is 0. The number of likely N-dealkylation sites (tertiary alicyclic amines) is 1. The van der Waals surface area contributed by atoms with E-state index in [4.69, 9.17) is 4.74 Å². The van der Waals surface area contributed by atoms with Crippen LogP contribution in [0.15, 0.2) is 0 Å². The highest BCUT2D eigenvalue weighted by Crippen LogP contribution is 2.27. The molecular weight excluding hydrogens is 244 g/mol. The summed E-state index contributed by atoms with van der Waals surface area (Å²) in [5.41, 5.74) is 0. The van der Waals surface area contributed by atoms with Crippen LogP contribution in [0.1, 0.15) is 33.1 Å². The monoisotopic (exact) mass is 272 g/mol. The van der Waals surface area contributed by atoms with Crippen molar-refractivity contribution in [2.75, 3.05) is 27.3 Å². The summed E-state index contributed by atoms with van der Waals surface area (Å²) in [6, 6.07) is 0.385. The standard InChI is InChI=1S/C14H28N2O3/c1-10(15-3)7-12-5-6-13(11(2)17)16(8-12)14(18)9-19-4/h10-13,15,17H,5-9H2,1-4H3/t10-,11+,12-,13?/m1/s1. The second kappa shape index (κ2) is 7.82. The second-order valence-electron chi connectivity index (χ2n) is 5.66. The van der Waals surface area contributed by atoms with Crippen molar-refractivity contribution in [3.63, 3.8) is 0 Å². The number of rotatable bonds is 6. The first kappa shape index (κ1) is 16.4. The Morgan fingerprint density at radius 1 is 1.47 bits per heavy atom. The van der Waals surface area contributed by atoms with Crippen molar-refractivity contribution in [2.45, 2.75) is 51.3 Å². The number of carbonyl (C=O) groups is 1. The van der Waals surface area contributed by atoms with Gasteiger partial charge in [0.1, 0.15) is 6.61 Å². The molecule has 0 aromatic heterocycles. The molecule has 5 nitrogen and oxygen atoms in total. The summed E-state index contributed by atoms with van der Waals surface area (Å²) in [7, 11) is 3.49. The van der Waals surface area contributed by atoms with Gasteiger partial charge in [0.15, 0.2) is 0 Å². The van der Waals surface area contributed by atoms with Crippen LogP contribution in [0.25, 0.3) is 0 Å². The average molecular weight is 272 g/mol. The zero-order valence-corrected chi connectivity index (χ0v) is 12.6. The predicted octanol–water partition coefficient (Wildman–Crippen LogP) is 0.619. The summed E-state index contributed by atoms with van der Waals surface area (Å²) in [5.74, 6) is 0.480. The van der Waals surface area contributed by atoms with Crippen LogP contribution in [0.2, 0.25) is 0 Å². The Balaban J connectivity index is 2.65. The van der Waals surface area contributed by atoms with Gasteiger partial charge in [0, 0.05) is 19.7 Å². The fourth-order valence-electron chi connectivity index (χ4n) is 2.87. The van der Waals surface area contributed by atoms with Gasteiger partial charge in [-0.15, -0.1) is 0 Å². The topological polar surface area (TPSA) is 61.8 Å². The summed E-state index contributed by atoms with van der Waals surface area (Å²) < 4.78 is 4.94. The van der Waals surface area contributed by atoms with Crippen molar-refractivity contribution >= 4 is 5.91 Å². The second-order valence-corrected chi connectivity index (χ2v) is 5.66. The molecular formula is C14H28N2O3. The third-order valence-electron chi connectivity index (χ3n) is 4.05. The summed E-state index contributed by atoms with van der Waals surface area (Å²) in [6.45, 7) is 4.73. The van der Waals surface area contributed by atoms with E-state index in [1.54, 1.807) is 6.92 Å². The summed E-state index contributed by atoms with van der Waals surface area (Å²) in [4.78, 5) is 13.9. The summed E-state index contributed by atoms with van der Waals surface area (Å²) in [6.07, 6.45) is 2.51. The van der Waals surface area contributed by atoms with Crippen LogP contribution in [0.3, 0.4) is 0 Å². The molecule has 0 radical (unpaired) electrons. The number of nitrogens with one attached hydrogen (secondary N) is 1. The largest absolute Gasteiger partial charge is 0.391 e. The molecule has 0 bridgehead atoms. The molecule has 0 aromatic rings. The molecule has 0 spiro atoms. The van der Waals surface area contributed by atoms with Crippen LogP contribution >= 0.6 is 0 Å². The lowest BCUT2D eigenvalue weighted by molar-refractivity contribution is -0.143. The van der Waals surface area contributed by atoms with Crippen LogP contribution in [0, 0.1) is 5.92 Å². The van der Waals surface area contributed by atoms with Gasteiger partial charge in [0.2, 0.25) is 5.91 Å². The van der Waals surface area contributed by atoms with E-state index in [0.717, 1.165) is 25.8 Å². The Labute approximate surface area is 116 Å². The van der Waals surface area contributed by atoms with E-state index in [-0.39, 0.29) is 18.6 Å². The molecule has 19 heavy (non-hydrogen) atoms. The van der Waals surface area contributed by atoms with Gasteiger partial charge in [-0.25, -0.2) is 0 Å². The van der Waals surface area contributed by atoms with E-state index in [2.05, 4.69) is 12.2 Å². The van der Waals surface area contributed by atoms with E-state index in [1.165, 1.54) is 7.11 Å². The van der Waals surface area contributed by atoms with Crippen LogP contribution in [-0.2, 0) is 9.53 Å². The lowest BCUT2D eigenvalue weighted by Crippen LogP contribution is -2.53. The van der Waals surface area contributed by atoms with Crippen molar-refractivity contribution in [1.29, 1.82) is 0 Å². The number of aliphatic hydroxyl groups is 1. The van der Waals surface area contributed by atoms with Crippen LogP contribution in [0.4, 0.5) is 0 Å². The van der Waals surface area contributed by atoms with Gasteiger partial charge in [-0.3, -0.25) is 4.79 Å². The molecule has 0 aromatic carbocycles. The first-order valence-corrected chi connectivity index (χ1v) is 7.13. The minimum Gasteiger partial charge on any atom is -0.391 e. The number of hydrogen-bond acceptors (Lipinski definition) is 4. The fraction of sp³-hybridized carbons (Fsp3) is 0.929. The van der Waals surface area contributed by atoms with Gasteiger partial charge in [-0.05, 0) is 46.1 Å². The van der Waals surface area contributed by atoms with Crippen molar-refractivity contribution in [3.05, 3.63) is 0 Å². The van der Waals surface area contributed by atoms with Gasteiger partial charge in [0.05, 0.1) is 12.1 Å². The molecule has 2 N–H and O–H groups in total. The fourth-order valence-corrected chi connectivity index (χ4v) is 2.87. The first-order valence-electron chi connectivity index (χ1n) is 7.13. The van der Waals surface area contributed by atoms with Crippen molar-refractivity contribution < 1.29 is 14.6 Å². The first-order chi connectivity index (χ1) is 8.99. The molecule has 1 unspecified atom stereocenters. The smallest absolute Gasteiger partial charge is 0.248 e. The zero-order valence-electron chi connectivity index (χ0n) is 12.6. The minimum atomic E-state index is -0.483. The van der Waals surface area contributed by atoms with Crippen LogP contribution in [0.5, 0.6) is 0 Å². The van der Waals surface area contributed by atoms with Gasteiger partial charge in [-0.1, -0.05) is 0 Å². The molecule has 112 valence electrons. The number of amides is 1. The third kappa shape index (κ3) is 4.75. The Morgan fingerprint density at radius 2 is 2.16 bits per heavy atom. The van der Waals surface area contributed by atoms with Crippen molar-refractivity contribution in [1.82, 2.24) is 10.2 Å². The maximum absolute atomic E-state index is 12.1. The van der Waals surface area contributed by atoms with E-state index in [9.17, 15) is 9.90 Å². The average Bonchev–Trinajstić information content (AvgIpc) is 2.38. The zero-order chi connectivity index (χ0) is 14.4. The molecule has 1 amide bonds. The quantitative estimate of drug-likeness (QED) is 0.744. The van der Waals surface area contributed by atoms with Gasteiger partial charge >= 0.3 is 0 Å². The molecule has 1 aliphatic rings. The van der Waals surface area contributed by atoms with Crippen LogP contribution in [-0.4, -0.2) is 61.4 Å². The number of carbonyl (C=O) groups excluding carboxylic acids is 1. The SMILES string of the molecule is CN[C@H](C)C[C@H]1CCC([C@H](C)O)N(C(=O)COC)C1. The van der Waals surface area contributed by atoms with Crippen LogP contribution < -0.4 is 5.32 Å². The molecule has 5 heteroatoms. The van der Waals surface area contributed by atoms with E-state index < -0.39 is 6.10 Å². The Kier molecular flexibility index (Phi) is 6.75. The van der Waals surface area contributed by atoms with E-state index >= 15 is 0 Å². The Bertz CT molecular complexity index is 284. The van der Waals surface area contributed by atoms with Gasteiger partial charge < -0.3 is 20.1 Å². The molecule has 0 saturated carbocycles. The molecule has 0 aliphatic carbocycles. The predicted molar refractivity (Wildman–Crippen MR) is 74.9 cm³/mol. The third-order valence-corrected chi connectivity index (χ3v) is 4.05. The highest BCUT2D eigenvalue weighted by molar-refractivity contribution is 5.78. The van der Waals surface area contributed by atoms with E-state index in [0.29, 0.717) is 12.0 Å². The molecule has 1 saturated heterocycles. The Morgan fingerprint density at radius 3 is 2.68 bits per heavy atom. The molecule has 1 rings (SSSR count). The number of ether oxygens (including phenoxy) is 1. The molecule has 4 atom stereocenters. The van der Waals surface area contributed by atoms with Crippen molar-refractivity contribution in [2.24, 2.45) is 5.92 Å².